The van der Waals surface area contributed by atoms with E-state index in [9.17, 15) is 4.79 Å². The Balaban J connectivity index is 2.61. The van der Waals surface area contributed by atoms with E-state index in [4.69, 9.17) is 11.6 Å². The summed E-state index contributed by atoms with van der Waals surface area (Å²) in [5.41, 5.74) is 1.13. The van der Waals surface area contributed by atoms with E-state index in [2.05, 4.69) is 0 Å². The van der Waals surface area contributed by atoms with Gasteiger partial charge < -0.3 is 0 Å². The van der Waals surface area contributed by atoms with Gasteiger partial charge in [0.25, 0.3) is 0 Å². The highest BCUT2D eigenvalue weighted by Gasteiger charge is 2.01. The zero-order valence-corrected chi connectivity index (χ0v) is 7.62. The van der Waals surface area contributed by atoms with Crippen molar-refractivity contribution < 1.29 is 4.79 Å². The van der Waals surface area contributed by atoms with Crippen molar-refractivity contribution in [2.75, 3.05) is 5.88 Å². The molecule has 0 bridgehead atoms. The van der Waals surface area contributed by atoms with E-state index in [1.165, 1.54) is 11.3 Å². The van der Waals surface area contributed by atoms with Crippen molar-refractivity contribution in [3.63, 3.8) is 0 Å². The molecule has 0 saturated carbocycles. The predicted molar refractivity (Wildman–Crippen MR) is 48.7 cm³/mol. The molecule has 60 valence electrons. The van der Waals surface area contributed by atoms with Crippen molar-refractivity contribution in [1.29, 1.82) is 0 Å². The van der Waals surface area contributed by atoms with E-state index < -0.39 is 0 Å². The molecule has 1 heterocycles. The zero-order chi connectivity index (χ0) is 8.10. The normalized spacial score (nSPS) is 9.91. The Morgan fingerprint density at radius 2 is 2.45 bits per heavy atom. The molecule has 0 N–H and O–H groups in total. The van der Waals surface area contributed by atoms with E-state index in [0.717, 1.165) is 29.6 Å². The quantitative estimate of drug-likeness (QED) is 0.525. The lowest BCUT2D eigenvalue weighted by atomic mass is 10.1. The van der Waals surface area contributed by atoms with Crippen LogP contribution in [0.3, 0.4) is 0 Å². The fourth-order valence-electron chi connectivity index (χ4n) is 0.915. The van der Waals surface area contributed by atoms with Gasteiger partial charge in [-0.2, -0.15) is 0 Å². The molecule has 0 spiro atoms. The Labute approximate surface area is 75.0 Å². The van der Waals surface area contributed by atoms with Gasteiger partial charge in [-0.15, -0.1) is 22.9 Å². The molecule has 0 aliphatic rings. The van der Waals surface area contributed by atoms with Crippen LogP contribution in [0.5, 0.6) is 0 Å². The number of halogens is 1. The number of hydrogen-bond donors (Lipinski definition) is 0. The summed E-state index contributed by atoms with van der Waals surface area (Å²) in [6.45, 7) is 0. The first kappa shape index (κ1) is 8.75. The highest BCUT2D eigenvalue weighted by atomic mass is 35.5. The Kier molecular flexibility index (Phi) is 3.60. The van der Waals surface area contributed by atoms with Crippen LogP contribution in [-0.2, 0) is 6.42 Å². The molecule has 0 aliphatic heterocycles. The van der Waals surface area contributed by atoms with E-state index in [-0.39, 0.29) is 0 Å². The summed E-state index contributed by atoms with van der Waals surface area (Å²) in [7, 11) is 0. The highest BCUT2D eigenvalue weighted by Crippen LogP contribution is 2.15. The van der Waals surface area contributed by atoms with Gasteiger partial charge in [0, 0.05) is 5.88 Å². The SMILES string of the molecule is O=Cc1sccc1CCCCl. The van der Waals surface area contributed by atoms with Crippen molar-refractivity contribution in [1.82, 2.24) is 0 Å². The van der Waals surface area contributed by atoms with Crippen LogP contribution < -0.4 is 0 Å². The van der Waals surface area contributed by atoms with Gasteiger partial charge in [0.1, 0.15) is 0 Å². The van der Waals surface area contributed by atoms with Crippen LogP contribution in [0.1, 0.15) is 21.7 Å². The lowest BCUT2D eigenvalue weighted by Gasteiger charge is -1.94. The zero-order valence-electron chi connectivity index (χ0n) is 6.05. The van der Waals surface area contributed by atoms with Crippen molar-refractivity contribution in [3.05, 3.63) is 21.9 Å². The molecule has 0 aromatic carbocycles. The standard InChI is InChI=1S/C8H9ClOS/c9-4-1-2-7-3-5-11-8(7)6-10/h3,5-6H,1-2,4H2. The first-order valence-corrected chi connectivity index (χ1v) is 4.87. The average Bonchev–Trinajstić information content (AvgIpc) is 2.47. The largest absolute Gasteiger partial charge is 0.297 e. The number of aryl methyl sites for hydroxylation is 1. The molecule has 1 aromatic rings. The summed E-state index contributed by atoms with van der Waals surface area (Å²) in [4.78, 5) is 11.3. The van der Waals surface area contributed by atoms with Gasteiger partial charge in [0.15, 0.2) is 6.29 Å². The minimum absolute atomic E-state index is 0.661. The van der Waals surface area contributed by atoms with Gasteiger partial charge in [0.2, 0.25) is 0 Å². The molecule has 1 rings (SSSR count). The second-order valence-electron chi connectivity index (χ2n) is 2.22. The lowest BCUT2D eigenvalue weighted by Crippen LogP contribution is -1.87. The van der Waals surface area contributed by atoms with E-state index in [1.54, 1.807) is 0 Å². The van der Waals surface area contributed by atoms with Crippen LogP contribution in [0.25, 0.3) is 0 Å². The molecule has 0 radical (unpaired) electrons. The maximum absolute atomic E-state index is 10.4. The summed E-state index contributed by atoms with van der Waals surface area (Å²) in [5, 5.41) is 1.94. The Bertz CT molecular complexity index is 232. The van der Waals surface area contributed by atoms with E-state index in [0.29, 0.717) is 5.88 Å². The molecule has 3 heteroatoms. The molecular weight excluding hydrogens is 180 g/mol. The molecule has 11 heavy (non-hydrogen) atoms. The van der Waals surface area contributed by atoms with Crippen molar-refractivity contribution in [2.24, 2.45) is 0 Å². The minimum atomic E-state index is 0.661. The van der Waals surface area contributed by atoms with Crippen molar-refractivity contribution in [3.8, 4) is 0 Å². The van der Waals surface area contributed by atoms with Gasteiger partial charge in [-0.3, -0.25) is 4.79 Å². The Morgan fingerprint density at radius 3 is 3.09 bits per heavy atom. The summed E-state index contributed by atoms with van der Waals surface area (Å²) in [6, 6.07) is 1.99. The lowest BCUT2D eigenvalue weighted by molar-refractivity contribution is 0.112. The topological polar surface area (TPSA) is 17.1 Å². The highest BCUT2D eigenvalue weighted by molar-refractivity contribution is 7.11. The van der Waals surface area contributed by atoms with Gasteiger partial charge in [-0.05, 0) is 29.9 Å². The van der Waals surface area contributed by atoms with E-state index >= 15 is 0 Å². The fourth-order valence-corrected chi connectivity index (χ4v) is 1.80. The number of carbonyl (C=O) groups excluding carboxylic acids is 1. The van der Waals surface area contributed by atoms with Gasteiger partial charge in [-0.1, -0.05) is 0 Å². The molecule has 0 amide bonds. The summed E-state index contributed by atoms with van der Waals surface area (Å²) >= 11 is 7.02. The first-order valence-electron chi connectivity index (χ1n) is 3.46. The Hall–Kier alpha value is -0.340. The van der Waals surface area contributed by atoms with Crippen LogP contribution >= 0.6 is 22.9 Å². The van der Waals surface area contributed by atoms with Gasteiger partial charge >= 0.3 is 0 Å². The van der Waals surface area contributed by atoms with Crippen LogP contribution in [0.4, 0.5) is 0 Å². The molecule has 0 fully saturated rings. The monoisotopic (exact) mass is 188 g/mol. The number of carbonyl (C=O) groups is 1. The van der Waals surface area contributed by atoms with E-state index in [1.807, 2.05) is 11.4 Å². The van der Waals surface area contributed by atoms with Crippen LogP contribution in [0.15, 0.2) is 11.4 Å². The van der Waals surface area contributed by atoms with Crippen molar-refractivity contribution >= 4 is 29.2 Å². The molecule has 0 saturated heterocycles. The van der Waals surface area contributed by atoms with Crippen molar-refractivity contribution in [2.45, 2.75) is 12.8 Å². The third-order valence-corrected chi connectivity index (χ3v) is 2.62. The summed E-state index contributed by atoms with van der Waals surface area (Å²) in [5.74, 6) is 0.661. The number of hydrogen-bond acceptors (Lipinski definition) is 2. The minimum Gasteiger partial charge on any atom is -0.297 e. The molecule has 1 nitrogen and oxygen atoms in total. The summed E-state index contributed by atoms with van der Waals surface area (Å²) in [6.07, 6.45) is 2.77. The number of rotatable bonds is 4. The molecule has 0 atom stereocenters. The van der Waals surface area contributed by atoms with Gasteiger partial charge in [0.05, 0.1) is 4.88 Å². The predicted octanol–water partition coefficient (Wildman–Crippen LogP) is 2.73. The third kappa shape index (κ3) is 2.31. The third-order valence-electron chi connectivity index (χ3n) is 1.47. The maximum Gasteiger partial charge on any atom is 0.160 e. The molecule has 0 unspecified atom stereocenters. The molecular formula is C8H9ClOS. The second-order valence-corrected chi connectivity index (χ2v) is 3.55. The Morgan fingerprint density at radius 1 is 1.64 bits per heavy atom. The number of alkyl halides is 1. The smallest absolute Gasteiger partial charge is 0.160 e. The fraction of sp³-hybridized carbons (Fsp3) is 0.375. The second kappa shape index (κ2) is 4.52. The summed E-state index contributed by atoms with van der Waals surface area (Å²) < 4.78 is 0. The average molecular weight is 189 g/mol. The van der Waals surface area contributed by atoms with Crippen LogP contribution in [0.2, 0.25) is 0 Å². The number of thiophene rings is 1. The number of aldehydes is 1. The molecule has 0 aliphatic carbocycles. The van der Waals surface area contributed by atoms with Crippen LogP contribution in [-0.4, -0.2) is 12.2 Å². The first-order chi connectivity index (χ1) is 5.38. The molecule has 1 aromatic heterocycles. The van der Waals surface area contributed by atoms with Gasteiger partial charge in [-0.25, -0.2) is 0 Å². The maximum atomic E-state index is 10.4. The van der Waals surface area contributed by atoms with Crippen LogP contribution in [0, 0.1) is 0 Å².